The van der Waals surface area contributed by atoms with Gasteiger partial charge in [0.15, 0.2) is 0 Å². The Hall–Kier alpha value is -0.910. The predicted molar refractivity (Wildman–Crippen MR) is 56.6 cm³/mol. The molecule has 0 fully saturated rings. The third kappa shape index (κ3) is 9.40. The second kappa shape index (κ2) is 7.39. The summed E-state index contributed by atoms with van der Waals surface area (Å²) in [7, 11) is 0. The van der Waals surface area contributed by atoms with E-state index in [1.165, 1.54) is 6.08 Å². The molecule has 0 saturated heterocycles. The highest BCUT2D eigenvalue weighted by Gasteiger charge is 2.09. The monoisotopic (exact) mass is 217 g/mol. The van der Waals surface area contributed by atoms with E-state index in [4.69, 9.17) is 5.11 Å². The molecule has 15 heavy (non-hydrogen) atoms. The van der Waals surface area contributed by atoms with Crippen molar-refractivity contribution >= 4 is 5.97 Å². The summed E-state index contributed by atoms with van der Waals surface area (Å²) in [6.45, 7) is 4.53. The van der Waals surface area contributed by atoms with Crippen LogP contribution in [0.2, 0.25) is 0 Å². The molecule has 0 aromatic rings. The lowest BCUT2D eigenvalue weighted by atomic mass is 10.3. The lowest BCUT2D eigenvalue weighted by molar-refractivity contribution is -0.131. The number of aliphatic hydroxyl groups excluding tert-OH is 2. The fraction of sp³-hybridized carbons (Fsp3) is 0.700. The first-order valence-electron chi connectivity index (χ1n) is 4.89. The van der Waals surface area contributed by atoms with Crippen molar-refractivity contribution in [3.63, 3.8) is 0 Å². The number of carboxylic acids is 1. The Kier molecular flexibility index (Phi) is 6.94. The van der Waals surface area contributed by atoms with Gasteiger partial charge >= 0.3 is 5.97 Å². The van der Waals surface area contributed by atoms with Gasteiger partial charge in [0.25, 0.3) is 0 Å². The van der Waals surface area contributed by atoms with Crippen molar-refractivity contribution in [2.45, 2.75) is 26.1 Å². The fourth-order valence-electron chi connectivity index (χ4n) is 1.27. The molecule has 0 aliphatic rings. The Morgan fingerprint density at radius 3 is 2.07 bits per heavy atom. The molecule has 0 amide bonds. The zero-order valence-electron chi connectivity index (χ0n) is 9.13. The van der Waals surface area contributed by atoms with Crippen LogP contribution in [0, 0.1) is 0 Å². The smallest absolute Gasteiger partial charge is 0.328 e. The Balaban J connectivity index is 4.06. The van der Waals surface area contributed by atoms with Crippen molar-refractivity contribution in [2.24, 2.45) is 0 Å². The van der Waals surface area contributed by atoms with E-state index in [2.05, 4.69) is 0 Å². The van der Waals surface area contributed by atoms with Gasteiger partial charge in [-0.3, -0.25) is 4.90 Å². The Bertz CT molecular complexity index is 203. The topological polar surface area (TPSA) is 81.0 Å². The van der Waals surface area contributed by atoms with Crippen LogP contribution in [0.5, 0.6) is 0 Å². The lowest BCUT2D eigenvalue weighted by Crippen LogP contribution is -2.36. The van der Waals surface area contributed by atoms with Crippen LogP contribution in [0.1, 0.15) is 13.8 Å². The molecule has 88 valence electrons. The van der Waals surface area contributed by atoms with Gasteiger partial charge in [0, 0.05) is 25.7 Å². The van der Waals surface area contributed by atoms with Crippen LogP contribution < -0.4 is 0 Å². The number of nitrogens with zero attached hydrogens (tertiary/aromatic N) is 1. The van der Waals surface area contributed by atoms with Crippen molar-refractivity contribution in [1.29, 1.82) is 0 Å². The van der Waals surface area contributed by atoms with E-state index in [0.29, 0.717) is 19.6 Å². The first kappa shape index (κ1) is 14.1. The molecule has 3 N–H and O–H groups in total. The summed E-state index contributed by atoms with van der Waals surface area (Å²) >= 11 is 0. The fourth-order valence-corrected chi connectivity index (χ4v) is 1.27. The summed E-state index contributed by atoms with van der Waals surface area (Å²) < 4.78 is 0. The normalized spacial score (nSPS) is 15.8. The molecule has 0 rings (SSSR count). The molecule has 2 atom stereocenters. The molecule has 0 spiro atoms. The highest BCUT2D eigenvalue weighted by Crippen LogP contribution is 1.96. The van der Waals surface area contributed by atoms with Gasteiger partial charge in [-0.2, -0.15) is 0 Å². The van der Waals surface area contributed by atoms with E-state index in [9.17, 15) is 15.0 Å². The zero-order chi connectivity index (χ0) is 11.8. The maximum Gasteiger partial charge on any atom is 0.328 e. The molecule has 0 saturated carbocycles. The van der Waals surface area contributed by atoms with E-state index in [1.54, 1.807) is 18.7 Å². The highest BCUT2D eigenvalue weighted by atomic mass is 16.4. The molecule has 0 aliphatic carbocycles. The highest BCUT2D eigenvalue weighted by molar-refractivity contribution is 5.79. The molecule has 0 aliphatic heterocycles. The van der Waals surface area contributed by atoms with Crippen molar-refractivity contribution in [2.75, 3.05) is 19.6 Å². The Labute approximate surface area is 89.6 Å². The maximum absolute atomic E-state index is 10.2. The van der Waals surface area contributed by atoms with E-state index < -0.39 is 18.2 Å². The second-order valence-electron chi connectivity index (χ2n) is 3.66. The first-order valence-corrected chi connectivity index (χ1v) is 4.89. The summed E-state index contributed by atoms with van der Waals surface area (Å²) in [6, 6.07) is 0. The quantitative estimate of drug-likeness (QED) is 0.510. The second-order valence-corrected chi connectivity index (χ2v) is 3.66. The molecule has 0 radical (unpaired) electrons. The van der Waals surface area contributed by atoms with E-state index in [0.717, 1.165) is 6.08 Å². The number of aliphatic hydroxyl groups is 2. The van der Waals surface area contributed by atoms with Crippen molar-refractivity contribution < 1.29 is 20.1 Å². The zero-order valence-corrected chi connectivity index (χ0v) is 9.13. The largest absolute Gasteiger partial charge is 0.478 e. The van der Waals surface area contributed by atoms with Crippen molar-refractivity contribution in [1.82, 2.24) is 4.90 Å². The summed E-state index contributed by atoms with van der Waals surface area (Å²) in [5, 5.41) is 26.7. The van der Waals surface area contributed by atoms with E-state index in [1.807, 2.05) is 0 Å². The van der Waals surface area contributed by atoms with Crippen LogP contribution in [0.15, 0.2) is 12.2 Å². The lowest BCUT2D eigenvalue weighted by Gasteiger charge is -2.23. The minimum atomic E-state index is -0.996. The number of hydrogen-bond donors (Lipinski definition) is 3. The average Bonchev–Trinajstić information content (AvgIpc) is 2.00. The van der Waals surface area contributed by atoms with Gasteiger partial charge in [0.1, 0.15) is 0 Å². The van der Waals surface area contributed by atoms with Gasteiger partial charge in [0.05, 0.1) is 12.2 Å². The third-order valence-electron chi connectivity index (χ3n) is 1.67. The standard InChI is InChI=1S/C10H19NO4/c1-8(12)6-11(7-9(2)13)5-3-4-10(14)15/h3-4,8-9,12-13H,5-7H2,1-2H3,(H,14,15). The van der Waals surface area contributed by atoms with Crippen LogP contribution in [-0.2, 0) is 4.79 Å². The minimum absolute atomic E-state index is 0.405. The molecular weight excluding hydrogens is 198 g/mol. The summed E-state index contributed by atoms with van der Waals surface area (Å²) in [5.41, 5.74) is 0. The molecule has 0 bridgehead atoms. The number of carbonyl (C=O) groups is 1. The number of rotatable bonds is 7. The molecule has 5 nitrogen and oxygen atoms in total. The van der Waals surface area contributed by atoms with Crippen LogP contribution in [0.4, 0.5) is 0 Å². The number of hydrogen-bond acceptors (Lipinski definition) is 4. The predicted octanol–water partition coefficient (Wildman–Crippen LogP) is -0.309. The van der Waals surface area contributed by atoms with Gasteiger partial charge in [-0.15, -0.1) is 0 Å². The summed E-state index contributed by atoms with van der Waals surface area (Å²) in [6.07, 6.45) is 1.55. The van der Waals surface area contributed by atoms with Crippen molar-refractivity contribution in [3.05, 3.63) is 12.2 Å². The Morgan fingerprint density at radius 2 is 1.73 bits per heavy atom. The molecular formula is C10H19NO4. The van der Waals surface area contributed by atoms with Gasteiger partial charge < -0.3 is 15.3 Å². The summed E-state index contributed by atoms with van der Waals surface area (Å²) in [5.74, 6) is -0.996. The van der Waals surface area contributed by atoms with Crippen LogP contribution in [-0.4, -0.2) is 58.0 Å². The van der Waals surface area contributed by atoms with Gasteiger partial charge in [-0.25, -0.2) is 4.79 Å². The molecule has 0 heterocycles. The SMILES string of the molecule is CC(O)CN(CC=CC(=O)O)CC(C)O. The number of aliphatic carboxylic acids is 1. The van der Waals surface area contributed by atoms with Crippen LogP contribution in [0.3, 0.4) is 0 Å². The van der Waals surface area contributed by atoms with Crippen molar-refractivity contribution in [3.8, 4) is 0 Å². The van der Waals surface area contributed by atoms with Gasteiger partial charge in [-0.1, -0.05) is 6.08 Å². The minimum Gasteiger partial charge on any atom is -0.478 e. The van der Waals surface area contributed by atoms with Crippen LogP contribution in [0.25, 0.3) is 0 Å². The maximum atomic E-state index is 10.2. The first-order chi connectivity index (χ1) is 6.91. The number of carboxylic acid groups (broad SMARTS) is 1. The third-order valence-corrected chi connectivity index (χ3v) is 1.67. The summed E-state index contributed by atoms with van der Waals surface area (Å²) in [4.78, 5) is 12.0. The van der Waals surface area contributed by atoms with Gasteiger partial charge in [0.2, 0.25) is 0 Å². The van der Waals surface area contributed by atoms with Gasteiger partial charge in [-0.05, 0) is 13.8 Å². The molecule has 0 aromatic heterocycles. The molecule has 5 heteroatoms. The Morgan fingerprint density at radius 1 is 1.27 bits per heavy atom. The molecule has 2 unspecified atom stereocenters. The van der Waals surface area contributed by atoms with E-state index >= 15 is 0 Å². The molecule has 0 aromatic carbocycles. The average molecular weight is 217 g/mol. The van der Waals surface area contributed by atoms with E-state index in [-0.39, 0.29) is 0 Å². The van der Waals surface area contributed by atoms with Crippen LogP contribution >= 0.6 is 0 Å².